The minimum absolute atomic E-state index is 0.180. The summed E-state index contributed by atoms with van der Waals surface area (Å²) in [5, 5.41) is 13.4. The number of anilines is 2. The second-order valence-electron chi connectivity index (χ2n) is 10.4. The van der Waals surface area contributed by atoms with Gasteiger partial charge in [-0.15, -0.1) is 0 Å². The van der Waals surface area contributed by atoms with E-state index in [0.29, 0.717) is 26.7 Å². The number of non-ortho nitro benzene ring substituents is 1. The Labute approximate surface area is 277 Å². The maximum atomic E-state index is 14.0. The van der Waals surface area contributed by atoms with Crippen LogP contribution in [0.15, 0.2) is 87.1 Å². The summed E-state index contributed by atoms with van der Waals surface area (Å²) >= 11 is 5.46. The lowest BCUT2D eigenvalue weighted by atomic mass is 9.83. The van der Waals surface area contributed by atoms with Crippen molar-refractivity contribution in [1.82, 2.24) is 4.57 Å². The number of aromatic nitrogens is 1. The van der Waals surface area contributed by atoms with E-state index in [9.17, 15) is 34.1 Å². The van der Waals surface area contributed by atoms with E-state index >= 15 is 0 Å². The number of imide groups is 1. The number of thiazole rings is 1. The first kappa shape index (κ1) is 31.4. The Morgan fingerprint density at radius 2 is 1.74 bits per heavy atom. The number of ether oxygens (including phenoxy) is 1. The Balaban J connectivity index is 1.33. The Kier molecular flexibility index (Phi) is 8.63. The molecule has 12 nitrogen and oxygen atoms in total. The number of hydrogen-bond acceptors (Lipinski definition) is 10. The number of nitro benzene ring substituents is 1. The lowest BCUT2D eigenvalue weighted by Gasteiger charge is -2.30. The topological polar surface area (TPSA) is 158 Å². The smallest absolute Gasteiger partial charge is 0.338 e. The molecule has 3 atom stereocenters. The highest BCUT2D eigenvalue weighted by molar-refractivity contribution is 9.10. The van der Waals surface area contributed by atoms with Crippen LogP contribution in [0.4, 0.5) is 17.1 Å². The third-order valence-electron chi connectivity index (χ3n) is 7.56. The van der Waals surface area contributed by atoms with E-state index in [4.69, 9.17) is 4.74 Å². The van der Waals surface area contributed by atoms with Crippen LogP contribution in [0.1, 0.15) is 33.6 Å². The number of nitrogens with one attached hydrogen (secondary N) is 1. The highest BCUT2D eigenvalue weighted by atomic mass is 79.9. The van der Waals surface area contributed by atoms with Crippen LogP contribution in [0.5, 0.6) is 0 Å². The molecule has 1 aromatic heterocycles. The molecule has 0 radical (unpaired) electrons. The SMILES string of the molecule is CCOC(=O)c1ccc(NC(=O)Cn2c3c(sc2=O)C(c2cccc(Br)c2)C2C(=O)N(c4ccc([N+](=O)[O-])cc4)C(=O)C2S3)cc1. The summed E-state index contributed by atoms with van der Waals surface area (Å²) in [5.41, 5.74) is 1.47. The molecule has 0 aliphatic carbocycles. The molecule has 4 aromatic rings. The van der Waals surface area contributed by atoms with Gasteiger partial charge in [-0.3, -0.25) is 33.9 Å². The standard InChI is InChI=1S/C31H23BrN4O8S2/c1-2-44-30(40)16-6-8-19(9-7-16)33-22(37)15-34-29-26(46-31(34)41)23(17-4-3-5-18(32)14-17)24-25(45-29)28(39)35(27(24)38)20-10-12-21(13-11-20)36(42)43/h3-14,23-25H,2,15H2,1H3,(H,33,37). The number of nitro groups is 1. The molecule has 1 N–H and O–H groups in total. The first-order valence-corrected chi connectivity index (χ1v) is 16.4. The number of hydrogen-bond donors (Lipinski definition) is 1. The highest BCUT2D eigenvalue weighted by Gasteiger charge is 2.56. The van der Waals surface area contributed by atoms with Gasteiger partial charge in [0, 0.05) is 33.1 Å². The van der Waals surface area contributed by atoms with Gasteiger partial charge in [0.2, 0.25) is 17.7 Å². The van der Waals surface area contributed by atoms with Crippen LogP contribution in [0.3, 0.4) is 0 Å². The zero-order valence-electron chi connectivity index (χ0n) is 23.9. The molecule has 0 spiro atoms. The third kappa shape index (κ3) is 5.76. The predicted octanol–water partition coefficient (Wildman–Crippen LogP) is 5.19. The average molecular weight is 724 g/mol. The van der Waals surface area contributed by atoms with Crippen LogP contribution in [-0.4, -0.2) is 45.0 Å². The first-order valence-electron chi connectivity index (χ1n) is 13.9. The van der Waals surface area contributed by atoms with Crippen molar-refractivity contribution >= 4 is 79.8 Å². The van der Waals surface area contributed by atoms with E-state index in [2.05, 4.69) is 21.2 Å². The monoisotopic (exact) mass is 722 g/mol. The van der Waals surface area contributed by atoms with Crippen molar-refractivity contribution in [2.24, 2.45) is 5.92 Å². The van der Waals surface area contributed by atoms with Crippen LogP contribution in [0, 0.1) is 16.0 Å². The second kappa shape index (κ2) is 12.7. The maximum absolute atomic E-state index is 14.0. The Bertz CT molecular complexity index is 1960. The molecular formula is C31H23BrN4O8S2. The number of esters is 1. The van der Waals surface area contributed by atoms with Gasteiger partial charge < -0.3 is 10.1 Å². The van der Waals surface area contributed by atoms with Crippen molar-refractivity contribution in [3.8, 4) is 0 Å². The van der Waals surface area contributed by atoms with E-state index in [-0.39, 0.29) is 24.5 Å². The van der Waals surface area contributed by atoms with Crippen LogP contribution < -0.4 is 15.1 Å². The number of thioether (sulfide) groups is 1. The molecule has 3 aromatic carbocycles. The van der Waals surface area contributed by atoms with E-state index < -0.39 is 50.6 Å². The van der Waals surface area contributed by atoms with E-state index in [1.54, 1.807) is 25.1 Å². The minimum Gasteiger partial charge on any atom is -0.462 e. The first-order chi connectivity index (χ1) is 22.1. The molecule has 46 heavy (non-hydrogen) atoms. The molecule has 6 rings (SSSR count). The fraction of sp³-hybridized carbons (Fsp3) is 0.194. The molecule has 2 aliphatic rings. The maximum Gasteiger partial charge on any atom is 0.338 e. The molecule has 0 bridgehead atoms. The number of carbonyl (C=O) groups is 4. The summed E-state index contributed by atoms with van der Waals surface area (Å²) in [5.74, 6) is -3.53. The van der Waals surface area contributed by atoms with E-state index in [1.165, 1.54) is 41.0 Å². The molecule has 234 valence electrons. The average Bonchev–Trinajstić information content (AvgIpc) is 3.47. The van der Waals surface area contributed by atoms with Crippen LogP contribution in [0.2, 0.25) is 0 Å². The number of halogens is 1. The van der Waals surface area contributed by atoms with Gasteiger partial charge in [0.25, 0.3) is 5.69 Å². The number of nitrogens with zero attached hydrogens (tertiary/aromatic N) is 3. The largest absolute Gasteiger partial charge is 0.462 e. The van der Waals surface area contributed by atoms with Gasteiger partial charge in [0.1, 0.15) is 11.8 Å². The fourth-order valence-electron chi connectivity index (χ4n) is 5.54. The van der Waals surface area contributed by atoms with Crippen molar-refractivity contribution < 1.29 is 28.8 Å². The molecule has 2 aliphatic heterocycles. The Morgan fingerprint density at radius 3 is 2.39 bits per heavy atom. The van der Waals surface area contributed by atoms with Crippen LogP contribution in [0.25, 0.3) is 0 Å². The van der Waals surface area contributed by atoms with Crippen molar-refractivity contribution in [3.63, 3.8) is 0 Å². The number of benzene rings is 3. The fourth-order valence-corrected chi connectivity index (χ4v) is 8.73. The molecule has 3 amide bonds. The number of rotatable bonds is 8. The van der Waals surface area contributed by atoms with Crippen molar-refractivity contribution in [1.29, 1.82) is 0 Å². The summed E-state index contributed by atoms with van der Waals surface area (Å²) in [4.78, 5) is 78.1. The quantitative estimate of drug-likeness (QED) is 0.112. The van der Waals surface area contributed by atoms with Crippen molar-refractivity contribution in [2.75, 3.05) is 16.8 Å². The number of amides is 3. The summed E-state index contributed by atoms with van der Waals surface area (Å²) in [7, 11) is 0. The second-order valence-corrected chi connectivity index (χ2v) is 13.4. The number of fused-ring (bicyclic) bond motifs is 2. The molecular weight excluding hydrogens is 700 g/mol. The van der Waals surface area contributed by atoms with Gasteiger partial charge in [-0.05, 0) is 61.0 Å². The summed E-state index contributed by atoms with van der Waals surface area (Å²) in [6.07, 6.45) is 0. The summed E-state index contributed by atoms with van der Waals surface area (Å²) < 4.78 is 7.03. The molecule has 1 saturated heterocycles. The van der Waals surface area contributed by atoms with Gasteiger partial charge >= 0.3 is 10.8 Å². The van der Waals surface area contributed by atoms with Gasteiger partial charge in [0.15, 0.2) is 0 Å². The lowest BCUT2D eigenvalue weighted by molar-refractivity contribution is -0.384. The number of carbonyl (C=O) groups excluding carboxylic acids is 4. The lowest BCUT2D eigenvalue weighted by Crippen LogP contribution is -2.33. The van der Waals surface area contributed by atoms with Crippen molar-refractivity contribution in [2.45, 2.75) is 29.7 Å². The highest BCUT2D eigenvalue weighted by Crippen LogP contribution is 2.54. The molecule has 3 unspecified atom stereocenters. The van der Waals surface area contributed by atoms with Gasteiger partial charge in [0.05, 0.1) is 33.7 Å². The van der Waals surface area contributed by atoms with Crippen LogP contribution >= 0.6 is 39.0 Å². The van der Waals surface area contributed by atoms with Gasteiger partial charge in [-0.1, -0.05) is 51.2 Å². The van der Waals surface area contributed by atoms with Crippen molar-refractivity contribution in [3.05, 3.63) is 113 Å². The van der Waals surface area contributed by atoms with Crippen LogP contribution in [-0.2, 0) is 25.7 Å². The Hall–Kier alpha value is -4.60. The van der Waals surface area contributed by atoms with Gasteiger partial charge in [-0.25, -0.2) is 9.69 Å². The minimum atomic E-state index is -0.919. The predicted molar refractivity (Wildman–Crippen MR) is 174 cm³/mol. The normalized spacial score (nSPS) is 18.6. The molecule has 0 saturated carbocycles. The molecule has 15 heteroatoms. The zero-order valence-corrected chi connectivity index (χ0v) is 27.1. The molecule has 1 fully saturated rings. The Morgan fingerprint density at radius 1 is 1.02 bits per heavy atom. The van der Waals surface area contributed by atoms with E-state index in [1.807, 2.05) is 18.2 Å². The summed E-state index contributed by atoms with van der Waals surface area (Å²) in [6.45, 7) is 1.58. The van der Waals surface area contributed by atoms with Gasteiger partial charge in [-0.2, -0.15) is 0 Å². The summed E-state index contributed by atoms with van der Waals surface area (Å²) in [6, 6.07) is 18.6. The van der Waals surface area contributed by atoms with E-state index in [0.717, 1.165) is 32.5 Å². The zero-order chi connectivity index (χ0) is 32.7. The molecule has 3 heterocycles. The third-order valence-corrected chi connectivity index (χ3v) is 10.7.